The number of hydrogen-bond acceptors (Lipinski definition) is 0. The van der Waals surface area contributed by atoms with Crippen LogP contribution in [0.15, 0.2) is 24.8 Å². The van der Waals surface area contributed by atoms with E-state index < -0.39 is 0 Å². The van der Waals surface area contributed by atoms with Gasteiger partial charge in [-0.05, 0) is 115 Å². The van der Waals surface area contributed by atoms with Crippen molar-refractivity contribution in [1.82, 2.24) is 0 Å². The van der Waals surface area contributed by atoms with Gasteiger partial charge in [0.1, 0.15) is 0 Å². The molecule has 0 aromatic carbocycles. The van der Waals surface area contributed by atoms with E-state index in [9.17, 15) is 0 Å². The van der Waals surface area contributed by atoms with Gasteiger partial charge in [-0.15, -0.1) is 6.58 Å². The molecular formula is C31H52. The van der Waals surface area contributed by atoms with Gasteiger partial charge in [-0.25, -0.2) is 0 Å². The lowest BCUT2D eigenvalue weighted by atomic mass is 9.44. The fraction of sp³-hybridized carbons (Fsp3) is 0.871. The third-order valence-electron chi connectivity index (χ3n) is 12.1. The largest absolute Gasteiger partial charge is 0.103 e. The van der Waals surface area contributed by atoms with E-state index in [4.69, 9.17) is 0 Å². The smallest absolute Gasteiger partial charge is 0.0145 e. The van der Waals surface area contributed by atoms with Gasteiger partial charge in [-0.1, -0.05) is 72.6 Å². The minimum absolute atomic E-state index is 0.545. The summed E-state index contributed by atoms with van der Waals surface area (Å²) in [6, 6.07) is 0. The molecular weight excluding hydrogens is 372 g/mol. The Labute approximate surface area is 194 Å². The highest BCUT2D eigenvalue weighted by molar-refractivity contribution is 5.13. The Hall–Kier alpha value is -0.520. The van der Waals surface area contributed by atoms with Gasteiger partial charge in [0, 0.05) is 0 Å². The van der Waals surface area contributed by atoms with Crippen LogP contribution in [0.5, 0.6) is 0 Å². The molecule has 4 fully saturated rings. The molecule has 31 heavy (non-hydrogen) atoms. The summed E-state index contributed by atoms with van der Waals surface area (Å²) in [5.41, 5.74) is 2.64. The molecule has 4 saturated carbocycles. The summed E-state index contributed by atoms with van der Waals surface area (Å²) in [6.07, 6.45) is 17.4. The summed E-state index contributed by atoms with van der Waals surface area (Å²) >= 11 is 0. The average molecular weight is 425 g/mol. The summed E-state index contributed by atoms with van der Waals surface area (Å²) in [4.78, 5) is 0. The van der Waals surface area contributed by atoms with Crippen LogP contribution in [-0.4, -0.2) is 0 Å². The molecule has 0 radical (unpaired) electrons. The van der Waals surface area contributed by atoms with Crippen molar-refractivity contribution < 1.29 is 0 Å². The fourth-order valence-corrected chi connectivity index (χ4v) is 10.1. The predicted molar refractivity (Wildman–Crippen MR) is 136 cm³/mol. The molecule has 0 heterocycles. The van der Waals surface area contributed by atoms with Gasteiger partial charge in [-0.3, -0.25) is 0 Å². The molecule has 0 heteroatoms. The molecule has 0 aromatic heterocycles. The van der Waals surface area contributed by atoms with Crippen molar-refractivity contribution in [2.45, 2.75) is 106 Å². The lowest BCUT2D eigenvalue weighted by Gasteiger charge is -2.61. The molecule has 0 aromatic rings. The van der Waals surface area contributed by atoms with Gasteiger partial charge in [0.2, 0.25) is 0 Å². The van der Waals surface area contributed by atoms with Crippen molar-refractivity contribution >= 4 is 0 Å². The van der Waals surface area contributed by atoms with Crippen molar-refractivity contribution in [1.29, 1.82) is 0 Å². The molecule has 0 aliphatic heterocycles. The topological polar surface area (TPSA) is 0 Å². The molecule has 0 saturated heterocycles. The van der Waals surface area contributed by atoms with Gasteiger partial charge < -0.3 is 0 Å². The molecule has 10 atom stereocenters. The third-order valence-corrected chi connectivity index (χ3v) is 12.1. The van der Waals surface area contributed by atoms with Gasteiger partial charge in [0.05, 0.1) is 0 Å². The van der Waals surface area contributed by atoms with Gasteiger partial charge >= 0.3 is 0 Å². The monoisotopic (exact) mass is 424 g/mol. The lowest BCUT2D eigenvalue weighted by molar-refractivity contribution is -0.115. The van der Waals surface area contributed by atoms with E-state index in [0.29, 0.717) is 28.6 Å². The maximum Gasteiger partial charge on any atom is -0.0145 e. The van der Waals surface area contributed by atoms with Crippen LogP contribution in [-0.2, 0) is 0 Å². The average Bonchev–Trinajstić information content (AvgIpc) is 3.10. The Balaban J connectivity index is 1.54. The van der Waals surface area contributed by atoms with E-state index in [0.717, 1.165) is 35.5 Å². The maximum atomic E-state index is 4.48. The third kappa shape index (κ3) is 3.71. The zero-order valence-corrected chi connectivity index (χ0v) is 21.8. The number of fused-ring (bicyclic) bond motifs is 5. The van der Waals surface area contributed by atoms with Crippen LogP contribution in [0.1, 0.15) is 106 Å². The molecule has 0 nitrogen and oxygen atoms in total. The molecule has 4 aliphatic rings. The summed E-state index contributed by atoms with van der Waals surface area (Å²) in [5, 5.41) is 0. The van der Waals surface area contributed by atoms with Gasteiger partial charge in [0.25, 0.3) is 0 Å². The zero-order valence-electron chi connectivity index (χ0n) is 21.8. The molecule has 176 valence electrons. The maximum absolute atomic E-state index is 4.48. The Morgan fingerprint density at radius 3 is 2.23 bits per heavy atom. The highest BCUT2D eigenvalue weighted by Gasteiger charge is 2.60. The van der Waals surface area contributed by atoms with Crippen molar-refractivity contribution in [2.75, 3.05) is 0 Å². The molecule has 10 unspecified atom stereocenters. The Morgan fingerprint density at radius 2 is 1.55 bits per heavy atom. The second kappa shape index (κ2) is 8.68. The van der Waals surface area contributed by atoms with E-state index in [1.54, 1.807) is 0 Å². The second-order valence-corrected chi connectivity index (χ2v) is 13.3. The molecule has 0 N–H and O–H groups in total. The first kappa shape index (κ1) is 23.6. The van der Waals surface area contributed by atoms with Crippen molar-refractivity contribution in [3.63, 3.8) is 0 Å². The van der Waals surface area contributed by atoms with Crippen LogP contribution >= 0.6 is 0 Å². The molecule has 4 aliphatic carbocycles. The standard InChI is InChI=1S/C31H52/c1-9-25(22(5)21(4)20(2)3)23(6)27-15-16-28-26-14-13-24-12-10-11-18-30(24,7)29(26)17-19-31(27,28)8/h9,20,22-29H,1,4,10-19H2,2-3,5-8H3. The van der Waals surface area contributed by atoms with E-state index in [1.165, 1.54) is 69.8 Å². The minimum atomic E-state index is 0.545. The normalized spacial score (nSPS) is 45.2. The Bertz CT molecular complexity index is 672. The summed E-state index contributed by atoms with van der Waals surface area (Å²) in [7, 11) is 0. The van der Waals surface area contributed by atoms with Crippen molar-refractivity contribution in [2.24, 2.45) is 64.1 Å². The minimum Gasteiger partial charge on any atom is -0.103 e. The Kier molecular flexibility index (Phi) is 6.62. The molecule has 4 rings (SSSR count). The highest BCUT2D eigenvalue weighted by Crippen LogP contribution is 2.68. The van der Waals surface area contributed by atoms with Crippen LogP contribution < -0.4 is 0 Å². The SMILES string of the molecule is C=CC(C(C)C(=C)C(C)C)C(C)C1CCC2C3CCC4CCCCC4(C)C3CCC12C. The van der Waals surface area contributed by atoms with Crippen molar-refractivity contribution in [3.05, 3.63) is 24.8 Å². The van der Waals surface area contributed by atoms with Crippen LogP contribution in [0.4, 0.5) is 0 Å². The number of rotatable bonds is 6. The summed E-state index contributed by atoms with van der Waals surface area (Å²) in [5.74, 6) is 7.32. The van der Waals surface area contributed by atoms with Gasteiger partial charge in [-0.2, -0.15) is 0 Å². The van der Waals surface area contributed by atoms with Crippen LogP contribution in [0.25, 0.3) is 0 Å². The van der Waals surface area contributed by atoms with E-state index in [-0.39, 0.29) is 0 Å². The quantitative estimate of drug-likeness (QED) is 0.372. The van der Waals surface area contributed by atoms with Gasteiger partial charge in [0.15, 0.2) is 0 Å². The van der Waals surface area contributed by atoms with Crippen LogP contribution in [0, 0.1) is 64.1 Å². The first-order valence-electron chi connectivity index (χ1n) is 14.0. The number of allylic oxidation sites excluding steroid dienone is 2. The highest BCUT2D eigenvalue weighted by atomic mass is 14.6. The van der Waals surface area contributed by atoms with E-state index in [2.05, 4.69) is 60.8 Å². The lowest BCUT2D eigenvalue weighted by Crippen LogP contribution is -2.53. The van der Waals surface area contributed by atoms with E-state index in [1.807, 2.05) is 0 Å². The Morgan fingerprint density at radius 1 is 0.839 bits per heavy atom. The first-order valence-corrected chi connectivity index (χ1v) is 14.0. The molecule has 0 bridgehead atoms. The first-order chi connectivity index (χ1) is 14.6. The predicted octanol–water partition coefficient (Wildman–Crippen LogP) is 9.32. The molecule has 0 amide bonds. The fourth-order valence-electron chi connectivity index (χ4n) is 10.1. The van der Waals surface area contributed by atoms with Crippen LogP contribution in [0.3, 0.4) is 0 Å². The number of hydrogen-bond donors (Lipinski definition) is 0. The van der Waals surface area contributed by atoms with Crippen molar-refractivity contribution in [3.8, 4) is 0 Å². The van der Waals surface area contributed by atoms with E-state index >= 15 is 0 Å². The molecule has 0 spiro atoms. The second-order valence-electron chi connectivity index (χ2n) is 13.3. The zero-order chi connectivity index (χ0) is 22.6. The van der Waals surface area contributed by atoms with Crippen LogP contribution in [0.2, 0.25) is 0 Å². The summed E-state index contributed by atoms with van der Waals surface area (Å²) in [6.45, 7) is 23.8. The summed E-state index contributed by atoms with van der Waals surface area (Å²) < 4.78 is 0.